The van der Waals surface area contributed by atoms with Crippen molar-refractivity contribution < 1.29 is 14.3 Å². The first-order valence-electron chi connectivity index (χ1n) is 7.43. The van der Waals surface area contributed by atoms with Crippen LogP contribution in [0.15, 0.2) is 11.6 Å². The topological polar surface area (TPSA) is 35.5 Å². The van der Waals surface area contributed by atoms with E-state index in [1.165, 1.54) is 12.8 Å². The number of methoxy groups -OCH3 is 1. The Bertz CT molecular complexity index is 359. The summed E-state index contributed by atoms with van der Waals surface area (Å²) in [6.45, 7) is 7.26. The SMILES string of the molecule is COCC1=C[C@@H]1C(=O)O[C@H]1C[C@@H](C)CC[C@@H]1C(C)C. The van der Waals surface area contributed by atoms with Crippen LogP contribution >= 0.6 is 0 Å². The Kier molecular flexibility index (Phi) is 4.67. The van der Waals surface area contributed by atoms with Crippen molar-refractivity contribution in [2.75, 3.05) is 13.7 Å². The first-order valence-corrected chi connectivity index (χ1v) is 7.43. The Labute approximate surface area is 116 Å². The third-order valence-corrected chi connectivity index (χ3v) is 4.46. The van der Waals surface area contributed by atoms with Gasteiger partial charge in [-0.25, -0.2) is 0 Å². The zero-order chi connectivity index (χ0) is 14.0. The molecule has 4 atom stereocenters. The van der Waals surface area contributed by atoms with E-state index in [2.05, 4.69) is 20.8 Å². The van der Waals surface area contributed by atoms with Crippen LogP contribution < -0.4 is 0 Å². The standard InChI is InChI=1S/C16H26O3/c1-10(2)13-6-5-11(3)7-15(13)19-16(17)14-8-12(14)9-18-4/h8,10-11,13-15H,5-7,9H2,1-4H3/t11-,13+,14-,15-/m0/s1. The third-order valence-electron chi connectivity index (χ3n) is 4.46. The largest absolute Gasteiger partial charge is 0.461 e. The predicted octanol–water partition coefficient (Wildman–Crippen LogP) is 3.19. The second-order valence-electron chi connectivity index (χ2n) is 6.45. The number of hydrogen-bond donors (Lipinski definition) is 0. The smallest absolute Gasteiger partial charge is 0.317 e. The van der Waals surface area contributed by atoms with Gasteiger partial charge >= 0.3 is 5.97 Å². The molecule has 3 heteroatoms. The number of esters is 1. The predicted molar refractivity (Wildman–Crippen MR) is 74.7 cm³/mol. The highest BCUT2D eigenvalue weighted by atomic mass is 16.5. The van der Waals surface area contributed by atoms with Crippen molar-refractivity contribution >= 4 is 5.97 Å². The van der Waals surface area contributed by atoms with E-state index in [0.717, 1.165) is 12.0 Å². The van der Waals surface area contributed by atoms with Crippen molar-refractivity contribution in [2.45, 2.75) is 46.1 Å². The molecule has 0 unspecified atom stereocenters. The van der Waals surface area contributed by atoms with E-state index in [1.807, 2.05) is 6.08 Å². The fourth-order valence-corrected chi connectivity index (χ4v) is 3.16. The van der Waals surface area contributed by atoms with Crippen LogP contribution in [0.2, 0.25) is 0 Å². The van der Waals surface area contributed by atoms with Crippen molar-refractivity contribution in [3.05, 3.63) is 11.6 Å². The molecule has 2 rings (SSSR count). The second-order valence-corrected chi connectivity index (χ2v) is 6.45. The average Bonchev–Trinajstić information content (AvgIpc) is 3.08. The summed E-state index contributed by atoms with van der Waals surface area (Å²) in [6.07, 6.45) is 5.51. The molecule has 108 valence electrons. The van der Waals surface area contributed by atoms with Gasteiger partial charge in [0.1, 0.15) is 6.10 Å². The number of carbonyl (C=O) groups is 1. The zero-order valence-electron chi connectivity index (χ0n) is 12.5. The summed E-state index contributed by atoms with van der Waals surface area (Å²) in [6, 6.07) is 0. The van der Waals surface area contributed by atoms with Gasteiger partial charge in [-0.1, -0.05) is 33.3 Å². The number of ether oxygens (including phenoxy) is 2. The minimum atomic E-state index is -0.106. The summed E-state index contributed by atoms with van der Waals surface area (Å²) in [4.78, 5) is 12.1. The minimum Gasteiger partial charge on any atom is -0.461 e. The molecule has 2 aliphatic rings. The van der Waals surface area contributed by atoms with Gasteiger partial charge in [-0.2, -0.15) is 0 Å². The van der Waals surface area contributed by atoms with Crippen LogP contribution in [0.3, 0.4) is 0 Å². The molecule has 0 saturated heterocycles. The lowest BCUT2D eigenvalue weighted by molar-refractivity contribution is -0.157. The number of carbonyl (C=O) groups excluding carboxylic acids is 1. The van der Waals surface area contributed by atoms with Gasteiger partial charge in [0.05, 0.1) is 12.5 Å². The zero-order valence-corrected chi connectivity index (χ0v) is 12.5. The van der Waals surface area contributed by atoms with E-state index >= 15 is 0 Å². The van der Waals surface area contributed by atoms with Crippen LogP contribution in [0.5, 0.6) is 0 Å². The van der Waals surface area contributed by atoms with Gasteiger partial charge in [0.2, 0.25) is 0 Å². The molecule has 0 N–H and O–H groups in total. The molecule has 2 aliphatic carbocycles. The molecule has 0 amide bonds. The molecule has 0 aliphatic heterocycles. The highest BCUT2D eigenvalue weighted by Crippen LogP contribution is 2.37. The summed E-state index contributed by atoms with van der Waals surface area (Å²) in [5.41, 5.74) is 1.07. The summed E-state index contributed by atoms with van der Waals surface area (Å²) in [7, 11) is 1.65. The van der Waals surface area contributed by atoms with E-state index in [9.17, 15) is 4.79 Å². The van der Waals surface area contributed by atoms with E-state index in [0.29, 0.717) is 24.4 Å². The highest BCUT2D eigenvalue weighted by Gasteiger charge is 2.38. The van der Waals surface area contributed by atoms with Gasteiger partial charge in [0.25, 0.3) is 0 Å². The quantitative estimate of drug-likeness (QED) is 0.566. The van der Waals surface area contributed by atoms with Gasteiger partial charge in [-0.05, 0) is 36.2 Å². The molecule has 0 radical (unpaired) electrons. The van der Waals surface area contributed by atoms with Crippen LogP contribution in [0.1, 0.15) is 40.0 Å². The fourth-order valence-electron chi connectivity index (χ4n) is 3.16. The fraction of sp³-hybridized carbons (Fsp3) is 0.812. The number of hydrogen-bond acceptors (Lipinski definition) is 3. The Balaban J connectivity index is 1.87. The Morgan fingerprint density at radius 2 is 2.16 bits per heavy atom. The maximum Gasteiger partial charge on any atom is 0.317 e. The van der Waals surface area contributed by atoms with Crippen molar-refractivity contribution in [2.24, 2.45) is 23.7 Å². The molecule has 3 nitrogen and oxygen atoms in total. The Morgan fingerprint density at radius 3 is 2.79 bits per heavy atom. The summed E-state index contributed by atoms with van der Waals surface area (Å²) in [5, 5.41) is 0. The first kappa shape index (κ1) is 14.6. The molecule has 1 saturated carbocycles. The molecule has 0 bridgehead atoms. The van der Waals surface area contributed by atoms with E-state index in [-0.39, 0.29) is 18.0 Å². The molecular weight excluding hydrogens is 240 g/mol. The minimum absolute atomic E-state index is 0.0724. The lowest BCUT2D eigenvalue weighted by Crippen LogP contribution is -2.36. The average molecular weight is 266 g/mol. The van der Waals surface area contributed by atoms with E-state index in [1.54, 1.807) is 7.11 Å². The summed E-state index contributed by atoms with van der Waals surface area (Å²) < 4.78 is 10.8. The lowest BCUT2D eigenvalue weighted by atomic mass is 9.75. The van der Waals surface area contributed by atoms with Crippen molar-refractivity contribution in [3.63, 3.8) is 0 Å². The van der Waals surface area contributed by atoms with Crippen LogP contribution in [0.25, 0.3) is 0 Å². The normalized spacial score (nSPS) is 34.1. The van der Waals surface area contributed by atoms with E-state index in [4.69, 9.17) is 9.47 Å². The highest BCUT2D eigenvalue weighted by molar-refractivity contribution is 5.83. The second kappa shape index (κ2) is 6.08. The molecule has 0 aromatic heterocycles. The van der Waals surface area contributed by atoms with Crippen LogP contribution in [0, 0.1) is 23.7 Å². The maximum atomic E-state index is 12.1. The van der Waals surface area contributed by atoms with Crippen molar-refractivity contribution in [1.82, 2.24) is 0 Å². The molecule has 19 heavy (non-hydrogen) atoms. The lowest BCUT2D eigenvalue weighted by Gasteiger charge is -2.36. The Hall–Kier alpha value is -0.830. The first-order chi connectivity index (χ1) is 9.02. The van der Waals surface area contributed by atoms with Crippen molar-refractivity contribution in [1.29, 1.82) is 0 Å². The number of rotatable bonds is 5. The summed E-state index contributed by atoms with van der Waals surface area (Å²) in [5.74, 6) is 1.58. The summed E-state index contributed by atoms with van der Waals surface area (Å²) >= 11 is 0. The maximum absolute atomic E-state index is 12.1. The van der Waals surface area contributed by atoms with Gasteiger partial charge in [0.15, 0.2) is 0 Å². The van der Waals surface area contributed by atoms with Gasteiger partial charge in [-0.15, -0.1) is 0 Å². The Morgan fingerprint density at radius 1 is 1.42 bits per heavy atom. The monoisotopic (exact) mass is 266 g/mol. The van der Waals surface area contributed by atoms with Gasteiger partial charge in [0, 0.05) is 7.11 Å². The molecule has 1 fully saturated rings. The molecule has 0 aromatic carbocycles. The van der Waals surface area contributed by atoms with Crippen LogP contribution in [0.4, 0.5) is 0 Å². The third kappa shape index (κ3) is 3.59. The van der Waals surface area contributed by atoms with Crippen LogP contribution in [-0.2, 0) is 14.3 Å². The van der Waals surface area contributed by atoms with Gasteiger partial charge < -0.3 is 9.47 Å². The molecule has 0 spiro atoms. The molecular formula is C16H26O3. The van der Waals surface area contributed by atoms with Crippen LogP contribution in [-0.4, -0.2) is 25.8 Å². The molecule has 0 aromatic rings. The van der Waals surface area contributed by atoms with Gasteiger partial charge in [-0.3, -0.25) is 4.79 Å². The molecule has 0 heterocycles. The van der Waals surface area contributed by atoms with Crippen molar-refractivity contribution in [3.8, 4) is 0 Å². The van der Waals surface area contributed by atoms with E-state index < -0.39 is 0 Å².